The van der Waals surface area contributed by atoms with Gasteiger partial charge in [-0.2, -0.15) is 0 Å². The number of Topliss-reactive ketones (excluding diaryl/α,β-unsaturated/α-hetero) is 2. The van der Waals surface area contributed by atoms with Crippen LogP contribution < -0.4 is 5.32 Å². The van der Waals surface area contributed by atoms with Crippen molar-refractivity contribution >= 4 is 23.4 Å². The van der Waals surface area contributed by atoms with E-state index in [1.807, 2.05) is 0 Å². The van der Waals surface area contributed by atoms with E-state index < -0.39 is 41.0 Å². The first-order valence-corrected chi connectivity index (χ1v) is 6.21. The zero-order valence-corrected chi connectivity index (χ0v) is 10.3. The van der Waals surface area contributed by atoms with Crippen LogP contribution in [0.2, 0.25) is 0 Å². The minimum absolute atomic E-state index is 0.0182. The van der Waals surface area contributed by atoms with E-state index in [0.717, 1.165) is 6.07 Å². The molecule has 0 radical (unpaired) electrons. The van der Waals surface area contributed by atoms with E-state index in [0.29, 0.717) is 0 Å². The number of carbonyl (C=O) groups excluding carboxylic acids is 4. The Labute approximate surface area is 113 Å². The van der Waals surface area contributed by atoms with Crippen LogP contribution >= 0.6 is 0 Å². The Hall–Kier alpha value is -2.37. The van der Waals surface area contributed by atoms with Crippen LogP contribution in [0.5, 0.6) is 0 Å². The molecule has 1 saturated heterocycles. The molecule has 5 nitrogen and oxygen atoms in total. The number of carbonyl (C=O) groups is 4. The first-order valence-electron chi connectivity index (χ1n) is 6.21. The quantitative estimate of drug-likeness (QED) is 0.609. The van der Waals surface area contributed by atoms with E-state index in [9.17, 15) is 23.6 Å². The van der Waals surface area contributed by atoms with E-state index in [-0.39, 0.29) is 24.0 Å². The Morgan fingerprint density at radius 3 is 2.50 bits per heavy atom. The highest BCUT2D eigenvalue weighted by atomic mass is 19.1. The first kappa shape index (κ1) is 12.7. The third kappa shape index (κ3) is 1.68. The predicted octanol–water partition coefficient (Wildman–Crippen LogP) is 0.874. The van der Waals surface area contributed by atoms with Gasteiger partial charge in [0.1, 0.15) is 5.82 Å². The summed E-state index contributed by atoms with van der Waals surface area (Å²) < 4.78 is 13.7. The molecule has 2 amide bonds. The average molecular weight is 275 g/mol. The molecule has 1 aliphatic carbocycles. The maximum absolute atomic E-state index is 13.7. The van der Waals surface area contributed by atoms with Crippen LogP contribution in [0.1, 0.15) is 33.6 Å². The van der Waals surface area contributed by atoms with E-state index in [2.05, 4.69) is 5.32 Å². The van der Waals surface area contributed by atoms with E-state index in [4.69, 9.17) is 0 Å². The lowest BCUT2D eigenvalue weighted by Crippen LogP contribution is -2.46. The van der Waals surface area contributed by atoms with Gasteiger partial charge in [-0.3, -0.25) is 24.5 Å². The van der Waals surface area contributed by atoms with E-state index >= 15 is 0 Å². The number of hydrogen-bond acceptors (Lipinski definition) is 4. The van der Waals surface area contributed by atoms with Crippen molar-refractivity contribution in [2.45, 2.75) is 12.8 Å². The monoisotopic (exact) mass is 275 g/mol. The zero-order valence-electron chi connectivity index (χ0n) is 10.3. The van der Waals surface area contributed by atoms with Crippen LogP contribution in [-0.2, 0) is 9.59 Å². The number of amides is 2. The van der Waals surface area contributed by atoms with Gasteiger partial charge in [-0.05, 0) is 12.5 Å². The highest BCUT2D eigenvalue weighted by Crippen LogP contribution is 2.35. The Balaban J connectivity index is 2.00. The van der Waals surface area contributed by atoms with Crippen molar-refractivity contribution in [1.29, 1.82) is 0 Å². The molecule has 102 valence electrons. The molecule has 2 unspecified atom stereocenters. The maximum Gasteiger partial charge on any atom is 0.230 e. The molecule has 1 aliphatic heterocycles. The Morgan fingerprint density at radius 2 is 1.85 bits per heavy atom. The van der Waals surface area contributed by atoms with Crippen LogP contribution in [0.25, 0.3) is 0 Å². The zero-order chi connectivity index (χ0) is 14.4. The summed E-state index contributed by atoms with van der Waals surface area (Å²) in [6.07, 6.45) is 0.203. The van der Waals surface area contributed by atoms with E-state index in [1.54, 1.807) is 0 Å². The predicted molar refractivity (Wildman–Crippen MR) is 64.4 cm³/mol. The summed E-state index contributed by atoms with van der Waals surface area (Å²) in [7, 11) is 0. The van der Waals surface area contributed by atoms with Crippen LogP contribution in [0, 0.1) is 17.7 Å². The summed E-state index contributed by atoms with van der Waals surface area (Å²) in [5.74, 6) is -5.14. The molecule has 6 heteroatoms. The lowest BCUT2D eigenvalue weighted by Gasteiger charge is -2.23. The van der Waals surface area contributed by atoms with Gasteiger partial charge >= 0.3 is 0 Å². The van der Waals surface area contributed by atoms with Gasteiger partial charge in [0, 0.05) is 12.0 Å². The molecular weight excluding hydrogens is 265 g/mol. The van der Waals surface area contributed by atoms with Crippen LogP contribution in [0.3, 0.4) is 0 Å². The Kier molecular flexibility index (Phi) is 2.74. The SMILES string of the molecule is O=C1CCC(C2C(=O)c3cccc(F)c3C2=O)C(=O)N1. The number of imide groups is 1. The van der Waals surface area contributed by atoms with Crippen LogP contribution in [0.4, 0.5) is 4.39 Å². The second-order valence-corrected chi connectivity index (χ2v) is 4.93. The van der Waals surface area contributed by atoms with Gasteiger partial charge in [0.15, 0.2) is 11.6 Å². The summed E-state index contributed by atoms with van der Waals surface area (Å²) >= 11 is 0. The summed E-state index contributed by atoms with van der Waals surface area (Å²) in [6, 6.07) is 3.84. The molecule has 2 aliphatic rings. The molecular formula is C14H10FNO4. The number of nitrogens with one attached hydrogen (secondary N) is 1. The highest BCUT2D eigenvalue weighted by molar-refractivity contribution is 6.28. The van der Waals surface area contributed by atoms with Crippen molar-refractivity contribution in [3.8, 4) is 0 Å². The summed E-state index contributed by atoms with van der Waals surface area (Å²) in [6.45, 7) is 0. The summed E-state index contributed by atoms with van der Waals surface area (Å²) in [5.41, 5.74) is -0.225. The van der Waals surface area contributed by atoms with Crippen molar-refractivity contribution in [3.63, 3.8) is 0 Å². The van der Waals surface area contributed by atoms with Crippen molar-refractivity contribution < 1.29 is 23.6 Å². The lowest BCUT2D eigenvalue weighted by molar-refractivity contribution is -0.137. The van der Waals surface area contributed by atoms with Gasteiger partial charge in [-0.25, -0.2) is 4.39 Å². The fourth-order valence-corrected chi connectivity index (χ4v) is 2.82. The molecule has 20 heavy (non-hydrogen) atoms. The maximum atomic E-state index is 13.7. The average Bonchev–Trinajstić information content (AvgIpc) is 2.64. The topological polar surface area (TPSA) is 80.3 Å². The first-order chi connectivity index (χ1) is 9.50. The number of rotatable bonds is 1. The Bertz CT molecular complexity index is 667. The van der Waals surface area contributed by atoms with Crippen LogP contribution in [-0.4, -0.2) is 23.4 Å². The lowest BCUT2D eigenvalue weighted by atomic mass is 9.82. The molecule has 1 fully saturated rings. The molecule has 0 saturated carbocycles. The third-order valence-corrected chi connectivity index (χ3v) is 3.77. The smallest absolute Gasteiger partial charge is 0.230 e. The number of piperidine rings is 1. The number of halogens is 1. The van der Waals surface area contributed by atoms with Crippen molar-refractivity contribution in [3.05, 3.63) is 35.1 Å². The van der Waals surface area contributed by atoms with Gasteiger partial charge in [0.05, 0.1) is 17.4 Å². The van der Waals surface area contributed by atoms with Crippen molar-refractivity contribution in [2.24, 2.45) is 11.8 Å². The minimum atomic E-state index is -1.21. The largest absolute Gasteiger partial charge is 0.296 e. The molecule has 1 aromatic carbocycles. The second kappa shape index (κ2) is 4.33. The standard InChI is InChI=1S/C14H10FNO4/c15-8-3-1-2-6-10(8)13(19)11(12(6)18)7-4-5-9(17)16-14(7)20/h1-3,7,11H,4-5H2,(H,16,17,20). The molecule has 0 bridgehead atoms. The summed E-state index contributed by atoms with van der Waals surface area (Å²) in [5, 5.41) is 2.11. The fraction of sp³-hybridized carbons (Fsp3) is 0.286. The molecule has 1 aromatic rings. The van der Waals surface area contributed by atoms with Gasteiger partial charge < -0.3 is 0 Å². The van der Waals surface area contributed by atoms with E-state index in [1.165, 1.54) is 12.1 Å². The molecule has 1 heterocycles. The normalized spacial score (nSPS) is 25.6. The number of hydrogen-bond donors (Lipinski definition) is 1. The molecule has 2 atom stereocenters. The third-order valence-electron chi connectivity index (χ3n) is 3.77. The van der Waals surface area contributed by atoms with Crippen molar-refractivity contribution in [2.75, 3.05) is 0 Å². The fourth-order valence-electron chi connectivity index (χ4n) is 2.82. The van der Waals surface area contributed by atoms with Gasteiger partial charge in [-0.1, -0.05) is 12.1 Å². The number of ketones is 2. The van der Waals surface area contributed by atoms with Crippen molar-refractivity contribution in [1.82, 2.24) is 5.32 Å². The highest BCUT2D eigenvalue weighted by Gasteiger charge is 2.48. The minimum Gasteiger partial charge on any atom is -0.296 e. The molecule has 0 aromatic heterocycles. The van der Waals surface area contributed by atoms with Gasteiger partial charge in [0.25, 0.3) is 0 Å². The Morgan fingerprint density at radius 1 is 1.10 bits per heavy atom. The van der Waals surface area contributed by atoms with Crippen LogP contribution in [0.15, 0.2) is 18.2 Å². The number of benzene rings is 1. The summed E-state index contributed by atoms with van der Waals surface area (Å²) in [4.78, 5) is 47.4. The molecule has 1 N–H and O–H groups in total. The molecule has 3 rings (SSSR count). The second-order valence-electron chi connectivity index (χ2n) is 4.93. The van der Waals surface area contributed by atoms with Gasteiger partial charge in [0.2, 0.25) is 11.8 Å². The number of fused-ring (bicyclic) bond motifs is 1. The van der Waals surface area contributed by atoms with Gasteiger partial charge in [-0.15, -0.1) is 0 Å². The molecule has 0 spiro atoms.